The van der Waals surface area contributed by atoms with Gasteiger partial charge in [0.25, 0.3) is 0 Å². The van der Waals surface area contributed by atoms with Gasteiger partial charge in [-0.2, -0.15) is 0 Å². The number of hydrogen-bond acceptors (Lipinski definition) is 3. The Morgan fingerprint density at radius 3 is 2.70 bits per heavy atom. The van der Waals surface area contributed by atoms with E-state index in [1.165, 1.54) is 0 Å². The van der Waals surface area contributed by atoms with Crippen LogP contribution < -0.4 is 5.90 Å². The zero-order chi connectivity index (χ0) is 7.82. The first-order valence-corrected chi connectivity index (χ1v) is 3.43. The molecule has 0 aliphatic rings. The summed E-state index contributed by atoms with van der Waals surface area (Å²) in [6, 6.07) is 0. The maximum absolute atomic E-state index is 5.16. The van der Waals surface area contributed by atoms with Crippen LogP contribution in [-0.4, -0.2) is 13.2 Å². The van der Waals surface area contributed by atoms with Crippen LogP contribution in [0, 0.1) is 0 Å². The van der Waals surface area contributed by atoms with Crippen LogP contribution in [0.15, 0.2) is 12.3 Å². The molecule has 0 aromatic carbocycles. The van der Waals surface area contributed by atoms with Crippen LogP contribution >= 0.6 is 0 Å². The van der Waals surface area contributed by atoms with E-state index in [1.807, 2.05) is 6.92 Å². The van der Waals surface area contributed by atoms with Crippen LogP contribution in [0.3, 0.4) is 0 Å². The van der Waals surface area contributed by atoms with Gasteiger partial charge in [-0.3, -0.25) is 0 Å². The van der Waals surface area contributed by atoms with Crippen LogP contribution in [0.4, 0.5) is 0 Å². The molecule has 0 amide bonds. The highest BCUT2D eigenvalue weighted by Gasteiger charge is 1.89. The summed E-state index contributed by atoms with van der Waals surface area (Å²) >= 11 is 0. The molecule has 0 saturated carbocycles. The summed E-state index contributed by atoms with van der Waals surface area (Å²) in [4.78, 5) is 4.35. The lowest BCUT2D eigenvalue weighted by Gasteiger charge is -2.05. The fourth-order valence-corrected chi connectivity index (χ4v) is 0.461. The molecule has 0 heterocycles. The van der Waals surface area contributed by atoms with Gasteiger partial charge in [0.1, 0.15) is 0 Å². The van der Waals surface area contributed by atoms with Gasteiger partial charge in [0.15, 0.2) is 0 Å². The van der Waals surface area contributed by atoms with Crippen LogP contribution in [0.1, 0.15) is 19.8 Å². The van der Waals surface area contributed by atoms with Gasteiger partial charge in [0.2, 0.25) is 0 Å². The van der Waals surface area contributed by atoms with E-state index < -0.39 is 0 Å². The van der Waals surface area contributed by atoms with E-state index in [0.717, 1.165) is 18.6 Å². The predicted molar refractivity (Wildman–Crippen MR) is 40.1 cm³/mol. The molecule has 0 aliphatic heterocycles. The minimum Gasteiger partial charge on any atom is -0.498 e. The Morgan fingerprint density at radius 2 is 2.20 bits per heavy atom. The maximum atomic E-state index is 5.16. The molecule has 0 aromatic rings. The zero-order valence-electron chi connectivity index (χ0n) is 6.43. The van der Waals surface area contributed by atoms with Crippen LogP contribution in [0.2, 0.25) is 0 Å². The highest BCUT2D eigenvalue weighted by atomic mass is 16.6. The largest absolute Gasteiger partial charge is 0.498 e. The molecule has 0 unspecified atom stereocenters. The molecule has 0 atom stereocenters. The second kappa shape index (κ2) is 6.58. The van der Waals surface area contributed by atoms with Gasteiger partial charge in [-0.1, -0.05) is 13.5 Å². The number of hydrogen-bond donors (Lipinski definition) is 1. The van der Waals surface area contributed by atoms with Crippen molar-refractivity contribution >= 4 is 0 Å². The summed E-state index contributed by atoms with van der Waals surface area (Å²) in [6.45, 7) is 6.86. The molecule has 0 spiro atoms. The lowest BCUT2D eigenvalue weighted by atomic mass is 10.4. The molecule has 0 aromatic heterocycles. The molecule has 0 radical (unpaired) electrons. The Labute approximate surface area is 61.8 Å². The van der Waals surface area contributed by atoms with Crippen molar-refractivity contribution in [2.45, 2.75) is 19.8 Å². The lowest BCUT2D eigenvalue weighted by Crippen LogP contribution is -2.04. The van der Waals surface area contributed by atoms with E-state index in [0.29, 0.717) is 13.2 Å². The summed E-state index contributed by atoms with van der Waals surface area (Å²) in [7, 11) is 0. The van der Waals surface area contributed by atoms with E-state index in [1.54, 1.807) is 0 Å². The van der Waals surface area contributed by atoms with Gasteiger partial charge < -0.3 is 9.57 Å². The Balaban J connectivity index is 2.96. The fraction of sp³-hybridized carbons (Fsp3) is 0.714. The molecule has 10 heavy (non-hydrogen) atoms. The molecule has 0 aliphatic carbocycles. The Morgan fingerprint density at radius 1 is 1.50 bits per heavy atom. The standard InChI is InChI=1S/C7H15NO2/c1-3-7(2)9-5-4-6-10-8/h2-6,8H2,1H3. The van der Waals surface area contributed by atoms with Gasteiger partial charge in [-0.25, -0.2) is 5.90 Å². The van der Waals surface area contributed by atoms with E-state index in [2.05, 4.69) is 11.4 Å². The Kier molecular flexibility index (Phi) is 6.22. The molecular formula is C7H15NO2. The molecule has 0 saturated heterocycles. The minimum absolute atomic E-state index is 0.539. The van der Waals surface area contributed by atoms with Crippen molar-refractivity contribution in [2.24, 2.45) is 5.90 Å². The molecule has 0 fully saturated rings. The van der Waals surface area contributed by atoms with Crippen LogP contribution in [-0.2, 0) is 9.57 Å². The second-order valence-electron chi connectivity index (χ2n) is 1.97. The average molecular weight is 145 g/mol. The van der Waals surface area contributed by atoms with Gasteiger partial charge in [-0.15, -0.1) is 0 Å². The molecule has 3 nitrogen and oxygen atoms in total. The third-order valence-electron chi connectivity index (χ3n) is 1.11. The Bertz CT molecular complexity index is 93.6. The van der Waals surface area contributed by atoms with E-state index in [9.17, 15) is 0 Å². The SMILES string of the molecule is C=C(CC)OCCCON. The molecule has 3 heteroatoms. The van der Waals surface area contributed by atoms with E-state index in [-0.39, 0.29) is 0 Å². The summed E-state index contributed by atoms with van der Waals surface area (Å²) in [6.07, 6.45) is 1.68. The van der Waals surface area contributed by atoms with Crippen molar-refractivity contribution in [3.05, 3.63) is 12.3 Å². The van der Waals surface area contributed by atoms with E-state index in [4.69, 9.17) is 10.6 Å². The number of ether oxygens (including phenoxy) is 1. The fourth-order valence-electron chi connectivity index (χ4n) is 0.461. The van der Waals surface area contributed by atoms with Gasteiger partial charge >= 0.3 is 0 Å². The summed E-state index contributed by atoms with van der Waals surface area (Å²) in [5, 5.41) is 0. The van der Waals surface area contributed by atoms with Crippen molar-refractivity contribution in [1.29, 1.82) is 0 Å². The smallest absolute Gasteiger partial charge is 0.0899 e. The summed E-state index contributed by atoms with van der Waals surface area (Å²) < 4.78 is 5.16. The second-order valence-corrected chi connectivity index (χ2v) is 1.97. The molecule has 0 rings (SSSR count). The van der Waals surface area contributed by atoms with Crippen LogP contribution in [0.25, 0.3) is 0 Å². The van der Waals surface area contributed by atoms with Crippen molar-refractivity contribution in [3.8, 4) is 0 Å². The third kappa shape index (κ3) is 5.59. The first-order valence-electron chi connectivity index (χ1n) is 3.43. The zero-order valence-corrected chi connectivity index (χ0v) is 6.43. The lowest BCUT2D eigenvalue weighted by molar-refractivity contribution is 0.107. The highest BCUT2D eigenvalue weighted by molar-refractivity contribution is 4.79. The quantitative estimate of drug-likeness (QED) is 0.347. The normalized spacial score (nSPS) is 9.40. The predicted octanol–water partition coefficient (Wildman–Crippen LogP) is 1.21. The number of allylic oxidation sites excluding steroid dienone is 1. The topological polar surface area (TPSA) is 44.5 Å². The van der Waals surface area contributed by atoms with Crippen molar-refractivity contribution < 1.29 is 9.57 Å². The number of nitrogens with two attached hydrogens (primary N) is 1. The first-order chi connectivity index (χ1) is 4.81. The van der Waals surface area contributed by atoms with Crippen molar-refractivity contribution in [3.63, 3.8) is 0 Å². The maximum Gasteiger partial charge on any atom is 0.0899 e. The van der Waals surface area contributed by atoms with Gasteiger partial charge in [0, 0.05) is 12.8 Å². The summed E-state index contributed by atoms with van der Waals surface area (Å²) in [5.74, 6) is 5.62. The minimum atomic E-state index is 0.539. The Hall–Kier alpha value is -0.540. The van der Waals surface area contributed by atoms with E-state index >= 15 is 0 Å². The third-order valence-corrected chi connectivity index (χ3v) is 1.11. The number of rotatable bonds is 6. The van der Waals surface area contributed by atoms with Crippen molar-refractivity contribution in [2.75, 3.05) is 13.2 Å². The van der Waals surface area contributed by atoms with Crippen LogP contribution in [0.5, 0.6) is 0 Å². The average Bonchev–Trinajstić information content (AvgIpc) is 1.98. The molecule has 60 valence electrons. The van der Waals surface area contributed by atoms with Gasteiger partial charge in [-0.05, 0) is 0 Å². The van der Waals surface area contributed by atoms with Gasteiger partial charge in [0.05, 0.1) is 19.0 Å². The molecular weight excluding hydrogens is 130 g/mol. The first kappa shape index (κ1) is 9.46. The summed E-state index contributed by atoms with van der Waals surface area (Å²) in [5.41, 5.74) is 0. The molecule has 0 bridgehead atoms. The molecule has 2 N–H and O–H groups in total. The van der Waals surface area contributed by atoms with Crippen molar-refractivity contribution in [1.82, 2.24) is 0 Å². The monoisotopic (exact) mass is 145 g/mol. The highest BCUT2D eigenvalue weighted by Crippen LogP contribution is 1.98.